The van der Waals surface area contributed by atoms with Crippen molar-refractivity contribution >= 4 is 11.7 Å². The summed E-state index contributed by atoms with van der Waals surface area (Å²) < 4.78 is 5.74. The fourth-order valence-corrected chi connectivity index (χ4v) is 3.44. The van der Waals surface area contributed by atoms with Crippen LogP contribution in [0.3, 0.4) is 0 Å². The van der Waals surface area contributed by atoms with Crippen LogP contribution in [0.1, 0.15) is 25.3 Å². The van der Waals surface area contributed by atoms with E-state index in [0.717, 1.165) is 32.5 Å². The first kappa shape index (κ1) is 19.4. The number of ether oxygens (including phenoxy) is 1. The maximum absolute atomic E-state index is 12.6. The minimum atomic E-state index is -0.940. The largest absolute Gasteiger partial charge is 0.383 e. The van der Waals surface area contributed by atoms with Crippen LogP contribution >= 0.6 is 0 Å². The fraction of sp³-hybridized carbons (Fsp3) is 0.500. The SMILES string of the molecule is CN(C(=O)COC1(C)NC=CN=C1N)C1CCN(Cc2ccccc2)CC1. The highest BCUT2D eigenvalue weighted by Crippen LogP contribution is 2.18. The number of hydrogen-bond acceptors (Lipinski definition) is 6. The van der Waals surface area contributed by atoms with Crippen LogP contribution in [-0.4, -0.2) is 60.1 Å². The molecule has 0 radical (unpaired) electrons. The molecule has 7 heteroatoms. The molecule has 0 saturated carbocycles. The number of rotatable bonds is 6. The zero-order valence-corrected chi connectivity index (χ0v) is 16.1. The van der Waals surface area contributed by atoms with Crippen molar-refractivity contribution in [2.75, 3.05) is 26.7 Å². The molecule has 3 rings (SSSR count). The lowest BCUT2D eigenvalue weighted by molar-refractivity contribution is -0.142. The molecule has 1 atom stereocenters. The topological polar surface area (TPSA) is 83.2 Å². The molecule has 0 aliphatic carbocycles. The second kappa shape index (κ2) is 8.54. The number of amides is 1. The maximum Gasteiger partial charge on any atom is 0.248 e. The molecular formula is C20H29N5O2. The zero-order chi connectivity index (χ0) is 19.3. The standard InChI is InChI=1S/C20H29N5O2/c1-20(19(21)22-10-11-23-20)27-15-18(26)24(2)17-8-12-25(13-9-17)14-16-6-4-3-5-7-16/h3-7,10-11,17,23H,8-9,12-15H2,1-2H3,(H2,21,22). The van der Waals surface area contributed by atoms with Crippen LogP contribution in [0.25, 0.3) is 0 Å². The first-order valence-electron chi connectivity index (χ1n) is 9.40. The molecule has 1 amide bonds. The second-order valence-electron chi connectivity index (χ2n) is 7.29. The minimum Gasteiger partial charge on any atom is -0.383 e. The van der Waals surface area contributed by atoms with Gasteiger partial charge in [-0.25, -0.2) is 4.99 Å². The quantitative estimate of drug-likeness (QED) is 0.787. The highest BCUT2D eigenvalue weighted by atomic mass is 16.5. The van der Waals surface area contributed by atoms with E-state index in [4.69, 9.17) is 10.5 Å². The molecule has 146 valence electrons. The molecule has 1 aromatic rings. The first-order valence-corrected chi connectivity index (χ1v) is 9.40. The number of amidine groups is 1. The molecule has 27 heavy (non-hydrogen) atoms. The number of hydrogen-bond donors (Lipinski definition) is 2. The molecule has 2 aliphatic heterocycles. The van der Waals surface area contributed by atoms with Crippen LogP contribution in [0, 0.1) is 0 Å². The zero-order valence-electron chi connectivity index (χ0n) is 16.1. The van der Waals surface area contributed by atoms with Crippen molar-refractivity contribution in [3.8, 4) is 0 Å². The monoisotopic (exact) mass is 371 g/mol. The van der Waals surface area contributed by atoms with Crippen molar-refractivity contribution in [1.82, 2.24) is 15.1 Å². The van der Waals surface area contributed by atoms with Crippen LogP contribution in [0.4, 0.5) is 0 Å². The summed E-state index contributed by atoms with van der Waals surface area (Å²) in [6.45, 7) is 4.67. The Morgan fingerprint density at radius 3 is 2.74 bits per heavy atom. The van der Waals surface area contributed by atoms with Crippen molar-refractivity contribution in [3.05, 3.63) is 48.3 Å². The van der Waals surface area contributed by atoms with E-state index < -0.39 is 5.72 Å². The van der Waals surface area contributed by atoms with Gasteiger partial charge in [0.1, 0.15) is 6.61 Å². The van der Waals surface area contributed by atoms with E-state index in [1.54, 1.807) is 19.3 Å². The maximum atomic E-state index is 12.6. The van der Waals surface area contributed by atoms with Gasteiger partial charge in [0.15, 0.2) is 11.6 Å². The molecule has 1 unspecified atom stereocenters. The van der Waals surface area contributed by atoms with Crippen LogP contribution in [-0.2, 0) is 16.1 Å². The van der Waals surface area contributed by atoms with E-state index in [2.05, 4.69) is 39.5 Å². The lowest BCUT2D eigenvalue weighted by Crippen LogP contribution is -2.56. The normalized spacial score (nSPS) is 23.6. The number of nitrogens with zero attached hydrogens (tertiary/aromatic N) is 3. The fourth-order valence-electron chi connectivity index (χ4n) is 3.44. The summed E-state index contributed by atoms with van der Waals surface area (Å²) in [4.78, 5) is 20.9. The molecule has 3 N–H and O–H groups in total. The highest BCUT2D eigenvalue weighted by Gasteiger charge is 2.32. The number of benzene rings is 1. The number of piperidine rings is 1. The Bertz CT molecular complexity index is 698. The average Bonchev–Trinajstić information content (AvgIpc) is 2.69. The minimum absolute atomic E-state index is 0.0334. The van der Waals surface area contributed by atoms with Gasteiger partial charge in [-0.2, -0.15) is 0 Å². The molecule has 7 nitrogen and oxygen atoms in total. The van der Waals surface area contributed by atoms with Gasteiger partial charge in [0.2, 0.25) is 5.91 Å². The molecule has 1 aromatic carbocycles. The third-order valence-corrected chi connectivity index (χ3v) is 5.37. The Morgan fingerprint density at radius 2 is 2.07 bits per heavy atom. The van der Waals surface area contributed by atoms with Crippen molar-refractivity contribution in [1.29, 1.82) is 0 Å². The smallest absolute Gasteiger partial charge is 0.248 e. The van der Waals surface area contributed by atoms with Crippen LogP contribution < -0.4 is 11.1 Å². The van der Waals surface area contributed by atoms with Gasteiger partial charge in [-0.1, -0.05) is 30.3 Å². The van der Waals surface area contributed by atoms with Crippen LogP contribution in [0.15, 0.2) is 47.7 Å². The number of nitrogens with two attached hydrogens (primary N) is 1. The van der Waals surface area contributed by atoms with Crippen molar-refractivity contribution in [2.45, 2.75) is 38.1 Å². The number of nitrogens with one attached hydrogen (secondary N) is 1. The summed E-state index contributed by atoms with van der Waals surface area (Å²) in [6, 6.07) is 10.7. The summed E-state index contributed by atoms with van der Waals surface area (Å²) >= 11 is 0. The lowest BCUT2D eigenvalue weighted by Gasteiger charge is -2.37. The highest BCUT2D eigenvalue weighted by molar-refractivity contribution is 5.90. The van der Waals surface area contributed by atoms with Gasteiger partial charge < -0.3 is 20.7 Å². The number of aliphatic imine (C=N–C) groups is 1. The summed E-state index contributed by atoms with van der Waals surface area (Å²) in [5.41, 5.74) is 6.27. The lowest BCUT2D eigenvalue weighted by atomic mass is 10.0. The number of carbonyl (C=O) groups excluding carboxylic acids is 1. The molecule has 0 spiro atoms. The molecule has 1 saturated heterocycles. The van der Waals surface area contributed by atoms with Gasteiger partial charge in [0.05, 0.1) is 0 Å². The first-order chi connectivity index (χ1) is 13.0. The Hall–Kier alpha value is -2.38. The Labute approximate surface area is 160 Å². The van der Waals surface area contributed by atoms with Crippen molar-refractivity contribution in [3.63, 3.8) is 0 Å². The Balaban J connectivity index is 1.44. The Morgan fingerprint density at radius 1 is 1.37 bits per heavy atom. The van der Waals surface area contributed by atoms with Gasteiger partial charge in [-0.15, -0.1) is 0 Å². The third-order valence-electron chi connectivity index (χ3n) is 5.37. The van der Waals surface area contributed by atoms with Gasteiger partial charge in [-0.05, 0) is 25.3 Å². The van der Waals surface area contributed by atoms with E-state index in [9.17, 15) is 4.79 Å². The molecule has 1 fully saturated rings. The molecule has 0 aromatic heterocycles. The summed E-state index contributed by atoms with van der Waals surface area (Å²) in [5, 5.41) is 3.01. The summed E-state index contributed by atoms with van der Waals surface area (Å²) in [7, 11) is 1.86. The number of carbonyl (C=O) groups is 1. The van der Waals surface area contributed by atoms with Gasteiger partial charge in [0.25, 0.3) is 0 Å². The van der Waals surface area contributed by atoms with Gasteiger partial charge in [-0.3, -0.25) is 9.69 Å². The van der Waals surface area contributed by atoms with Gasteiger partial charge in [0, 0.05) is 45.1 Å². The summed E-state index contributed by atoms with van der Waals surface area (Å²) in [5.74, 6) is 0.275. The van der Waals surface area contributed by atoms with Crippen molar-refractivity contribution in [2.24, 2.45) is 10.7 Å². The van der Waals surface area contributed by atoms with E-state index in [-0.39, 0.29) is 18.6 Å². The third kappa shape index (κ3) is 4.87. The molecular weight excluding hydrogens is 342 g/mol. The average molecular weight is 371 g/mol. The molecule has 2 aliphatic rings. The summed E-state index contributed by atoms with van der Waals surface area (Å²) in [6.07, 6.45) is 5.17. The van der Waals surface area contributed by atoms with E-state index in [1.165, 1.54) is 5.56 Å². The van der Waals surface area contributed by atoms with Gasteiger partial charge >= 0.3 is 0 Å². The van der Waals surface area contributed by atoms with E-state index >= 15 is 0 Å². The second-order valence-corrected chi connectivity index (χ2v) is 7.29. The Kier molecular flexibility index (Phi) is 6.13. The predicted molar refractivity (Wildman–Crippen MR) is 106 cm³/mol. The molecule has 0 bridgehead atoms. The van der Waals surface area contributed by atoms with Crippen LogP contribution in [0.5, 0.6) is 0 Å². The van der Waals surface area contributed by atoms with E-state index in [1.807, 2.05) is 18.0 Å². The van der Waals surface area contributed by atoms with E-state index in [0.29, 0.717) is 5.84 Å². The predicted octanol–water partition coefficient (Wildman–Crippen LogP) is 1.27. The number of likely N-dealkylation sites (N-methyl/N-ethyl adjacent to an activating group) is 1. The molecule has 2 heterocycles. The number of likely N-dealkylation sites (tertiary alicyclic amines) is 1. The van der Waals surface area contributed by atoms with Crippen molar-refractivity contribution < 1.29 is 9.53 Å². The van der Waals surface area contributed by atoms with Crippen LogP contribution in [0.2, 0.25) is 0 Å².